The Morgan fingerprint density at radius 3 is 2.53 bits per heavy atom. The van der Waals surface area contributed by atoms with Crippen molar-refractivity contribution in [1.29, 1.82) is 0 Å². The van der Waals surface area contributed by atoms with Crippen LogP contribution in [0.4, 0.5) is 0 Å². The first-order chi connectivity index (χ1) is 8.98. The first-order valence-corrected chi connectivity index (χ1v) is 9.38. The van der Waals surface area contributed by atoms with Crippen LogP contribution in [0.25, 0.3) is 0 Å². The monoisotopic (exact) mass is 285 g/mol. The molecular weight excluding hydrogens is 258 g/mol. The highest BCUT2D eigenvalue weighted by molar-refractivity contribution is 7.91. The number of rotatable bonds is 4. The van der Waals surface area contributed by atoms with Crippen molar-refractivity contribution in [3.63, 3.8) is 0 Å². The largest absolute Gasteiger partial charge is 0.316 e. The molecule has 110 valence electrons. The van der Waals surface area contributed by atoms with Crippen LogP contribution in [0.3, 0.4) is 0 Å². The zero-order chi connectivity index (χ0) is 13.9. The lowest BCUT2D eigenvalue weighted by Crippen LogP contribution is -2.35. The molecule has 1 aliphatic heterocycles. The van der Waals surface area contributed by atoms with Crippen LogP contribution in [0.5, 0.6) is 0 Å². The van der Waals surface area contributed by atoms with Gasteiger partial charge in [-0.2, -0.15) is 0 Å². The molecule has 1 saturated heterocycles. The van der Waals surface area contributed by atoms with Gasteiger partial charge in [0.2, 0.25) is 0 Å². The van der Waals surface area contributed by atoms with Crippen molar-refractivity contribution in [3.05, 3.63) is 11.6 Å². The topological polar surface area (TPSA) is 46.2 Å². The van der Waals surface area contributed by atoms with E-state index in [1.807, 2.05) is 0 Å². The molecule has 3 nitrogen and oxygen atoms in total. The maximum atomic E-state index is 11.4. The maximum absolute atomic E-state index is 11.4. The van der Waals surface area contributed by atoms with Crippen molar-refractivity contribution in [2.75, 3.05) is 24.6 Å². The first kappa shape index (κ1) is 15.0. The minimum atomic E-state index is -2.72. The Bertz CT molecular complexity index is 413. The highest BCUT2D eigenvalue weighted by atomic mass is 32.2. The molecule has 2 rings (SSSR count). The normalized spacial score (nSPS) is 32.0. The Labute approximate surface area is 117 Å². The second-order valence-corrected chi connectivity index (χ2v) is 8.67. The quantitative estimate of drug-likeness (QED) is 0.807. The van der Waals surface area contributed by atoms with E-state index in [2.05, 4.69) is 25.2 Å². The average molecular weight is 285 g/mol. The summed E-state index contributed by atoms with van der Waals surface area (Å²) in [5.41, 5.74) is 1.53. The summed E-state index contributed by atoms with van der Waals surface area (Å²) in [6.45, 7) is 6.62. The lowest BCUT2D eigenvalue weighted by atomic mass is 9.80. The van der Waals surface area contributed by atoms with Gasteiger partial charge in [0.15, 0.2) is 0 Å². The summed E-state index contributed by atoms with van der Waals surface area (Å²) in [7, 11) is -2.72. The average Bonchev–Trinajstić information content (AvgIpc) is 2.35. The van der Waals surface area contributed by atoms with Crippen molar-refractivity contribution >= 4 is 9.84 Å². The van der Waals surface area contributed by atoms with E-state index in [1.54, 1.807) is 0 Å². The summed E-state index contributed by atoms with van der Waals surface area (Å²) in [6, 6.07) is 0. The van der Waals surface area contributed by atoms with Gasteiger partial charge in [-0.3, -0.25) is 0 Å². The van der Waals surface area contributed by atoms with Crippen molar-refractivity contribution in [2.45, 2.75) is 39.5 Å². The molecule has 2 unspecified atom stereocenters. The van der Waals surface area contributed by atoms with Gasteiger partial charge < -0.3 is 5.32 Å². The fourth-order valence-corrected chi connectivity index (χ4v) is 4.91. The molecule has 19 heavy (non-hydrogen) atoms. The summed E-state index contributed by atoms with van der Waals surface area (Å²) in [5.74, 6) is 2.76. The van der Waals surface area contributed by atoms with Crippen LogP contribution in [0, 0.1) is 17.8 Å². The second kappa shape index (κ2) is 6.40. The van der Waals surface area contributed by atoms with Crippen LogP contribution >= 0.6 is 0 Å². The van der Waals surface area contributed by atoms with Crippen molar-refractivity contribution < 1.29 is 8.42 Å². The molecule has 2 atom stereocenters. The van der Waals surface area contributed by atoms with E-state index >= 15 is 0 Å². The first-order valence-electron chi connectivity index (χ1n) is 7.56. The Morgan fingerprint density at radius 2 is 1.89 bits per heavy atom. The van der Waals surface area contributed by atoms with Gasteiger partial charge in [0.25, 0.3) is 0 Å². The van der Waals surface area contributed by atoms with E-state index in [4.69, 9.17) is 0 Å². The van der Waals surface area contributed by atoms with Crippen molar-refractivity contribution in [1.82, 2.24) is 5.32 Å². The molecule has 1 fully saturated rings. The SMILES string of the molecule is CC1=CCCC(C)C1CNCC1CCS(=O)(=O)CC1. The number of sulfone groups is 1. The van der Waals surface area contributed by atoms with E-state index in [9.17, 15) is 8.42 Å². The molecule has 0 amide bonds. The van der Waals surface area contributed by atoms with E-state index < -0.39 is 9.84 Å². The van der Waals surface area contributed by atoms with E-state index in [1.165, 1.54) is 18.4 Å². The van der Waals surface area contributed by atoms with E-state index in [0.29, 0.717) is 23.3 Å². The zero-order valence-corrected chi connectivity index (χ0v) is 13.0. The minimum Gasteiger partial charge on any atom is -0.316 e. The van der Waals surface area contributed by atoms with Crippen molar-refractivity contribution in [3.8, 4) is 0 Å². The summed E-state index contributed by atoms with van der Waals surface area (Å²) >= 11 is 0. The third-order valence-electron chi connectivity index (χ3n) is 4.83. The smallest absolute Gasteiger partial charge is 0.150 e. The predicted octanol–water partition coefficient (Wildman–Crippen LogP) is 2.39. The standard InChI is InChI=1S/C15H27NO2S/c1-12-4-3-5-13(2)15(12)11-16-10-14-6-8-19(17,18)9-7-14/h4,13-16H,3,5-11H2,1-2H3. The molecule has 1 N–H and O–H groups in total. The van der Waals surface area contributed by atoms with Crippen LogP contribution in [0.1, 0.15) is 39.5 Å². The molecule has 1 aliphatic carbocycles. The van der Waals surface area contributed by atoms with Crippen LogP contribution in [-0.4, -0.2) is 33.0 Å². The summed E-state index contributed by atoms with van der Waals surface area (Å²) in [6.07, 6.45) is 6.57. The fraction of sp³-hybridized carbons (Fsp3) is 0.867. The van der Waals surface area contributed by atoms with Crippen LogP contribution in [-0.2, 0) is 9.84 Å². The predicted molar refractivity (Wildman–Crippen MR) is 79.9 cm³/mol. The van der Waals surface area contributed by atoms with Crippen LogP contribution in [0.2, 0.25) is 0 Å². The van der Waals surface area contributed by atoms with Crippen molar-refractivity contribution in [2.24, 2.45) is 17.8 Å². The van der Waals surface area contributed by atoms with Gasteiger partial charge in [-0.1, -0.05) is 18.6 Å². The Kier molecular flexibility index (Phi) is 5.07. The van der Waals surface area contributed by atoms with Gasteiger partial charge in [0.1, 0.15) is 9.84 Å². The number of hydrogen-bond acceptors (Lipinski definition) is 3. The summed E-state index contributed by atoms with van der Waals surface area (Å²) in [4.78, 5) is 0. The molecule has 0 bridgehead atoms. The Hall–Kier alpha value is -0.350. The molecule has 4 heteroatoms. The second-order valence-electron chi connectivity index (χ2n) is 6.36. The third kappa shape index (κ3) is 4.32. The van der Waals surface area contributed by atoms with Gasteiger partial charge in [-0.25, -0.2) is 8.42 Å². The summed E-state index contributed by atoms with van der Waals surface area (Å²) in [5, 5.41) is 3.58. The van der Waals surface area contributed by atoms with Gasteiger partial charge in [-0.15, -0.1) is 0 Å². The molecule has 2 aliphatic rings. The molecule has 0 spiro atoms. The fourth-order valence-electron chi connectivity index (χ4n) is 3.32. The van der Waals surface area contributed by atoms with Gasteiger partial charge in [0.05, 0.1) is 11.5 Å². The molecule has 0 radical (unpaired) electrons. The lowest BCUT2D eigenvalue weighted by molar-refractivity contribution is 0.334. The van der Waals surface area contributed by atoms with Crippen LogP contribution in [0.15, 0.2) is 11.6 Å². The van der Waals surface area contributed by atoms with Gasteiger partial charge >= 0.3 is 0 Å². The molecule has 1 heterocycles. The summed E-state index contributed by atoms with van der Waals surface area (Å²) < 4.78 is 22.8. The Balaban J connectivity index is 1.72. The highest BCUT2D eigenvalue weighted by Gasteiger charge is 2.25. The molecule has 0 aromatic rings. The molecule has 0 aromatic heterocycles. The van der Waals surface area contributed by atoms with E-state index in [-0.39, 0.29) is 0 Å². The lowest BCUT2D eigenvalue weighted by Gasteiger charge is -2.30. The zero-order valence-electron chi connectivity index (χ0n) is 12.2. The number of nitrogens with one attached hydrogen (secondary N) is 1. The Morgan fingerprint density at radius 1 is 1.21 bits per heavy atom. The number of hydrogen-bond donors (Lipinski definition) is 1. The highest BCUT2D eigenvalue weighted by Crippen LogP contribution is 2.29. The third-order valence-corrected chi connectivity index (χ3v) is 6.55. The van der Waals surface area contributed by atoms with Gasteiger partial charge in [0, 0.05) is 6.54 Å². The minimum absolute atomic E-state index is 0.387. The molecular formula is C15H27NO2S. The molecule has 0 saturated carbocycles. The maximum Gasteiger partial charge on any atom is 0.150 e. The van der Waals surface area contributed by atoms with E-state index in [0.717, 1.165) is 31.8 Å². The number of allylic oxidation sites excluding steroid dienone is 1. The van der Waals surface area contributed by atoms with Gasteiger partial charge in [-0.05, 0) is 56.9 Å². The molecule has 0 aromatic carbocycles. The van der Waals surface area contributed by atoms with Crippen LogP contribution < -0.4 is 5.32 Å².